The number of nitrogens with one attached hydrogen (secondary N) is 3. The number of rotatable bonds is 7. The Bertz CT molecular complexity index is 286. The summed E-state index contributed by atoms with van der Waals surface area (Å²) in [4.78, 5) is 23.0. The molecule has 2 amide bonds. The number of hydrogen-bond donors (Lipinski definition) is 3. The average molecular weight is 269 g/mol. The third-order valence-electron chi connectivity index (χ3n) is 3.24. The van der Waals surface area contributed by atoms with Gasteiger partial charge in [-0.2, -0.15) is 0 Å². The SMILES string of the molecule is CC(C)NC(=O)CCCC(=O)NCC1CCCNC1. The van der Waals surface area contributed by atoms with Gasteiger partial charge in [0, 0.05) is 25.4 Å². The van der Waals surface area contributed by atoms with E-state index in [1.54, 1.807) is 0 Å². The predicted molar refractivity (Wildman–Crippen MR) is 75.7 cm³/mol. The first-order chi connectivity index (χ1) is 9.08. The van der Waals surface area contributed by atoms with Crippen molar-refractivity contribution in [1.29, 1.82) is 0 Å². The Hall–Kier alpha value is -1.10. The summed E-state index contributed by atoms with van der Waals surface area (Å²) < 4.78 is 0. The molecule has 0 radical (unpaired) electrons. The lowest BCUT2D eigenvalue weighted by atomic mass is 10.00. The Morgan fingerprint density at radius 2 is 2.00 bits per heavy atom. The zero-order valence-corrected chi connectivity index (χ0v) is 12.1. The number of hydrogen-bond acceptors (Lipinski definition) is 3. The lowest BCUT2D eigenvalue weighted by Crippen LogP contribution is -2.38. The van der Waals surface area contributed by atoms with E-state index in [0.717, 1.165) is 19.6 Å². The summed E-state index contributed by atoms with van der Waals surface area (Å²) in [5, 5.41) is 9.11. The first-order valence-corrected chi connectivity index (χ1v) is 7.34. The molecule has 0 aromatic carbocycles. The highest BCUT2D eigenvalue weighted by molar-refractivity contribution is 5.78. The van der Waals surface area contributed by atoms with Gasteiger partial charge in [-0.05, 0) is 52.1 Å². The van der Waals surface area contributed by atoms with Crippen LogP contribution in [0.25, 0.3) is 0 Å². The van der Waals surface area contributed by atoms with E-state index in [-0.39, 0.29) is 17.9 Å². The fraction of sp³-hybridized carbons (Fsp3) is 0.857. The van der Waals surface area contributed by atoms with Gasteiger partial charge in [0.05, 0.1) is 0 Å². The predicted octanol–water partition coefficient (Wildman–Crippen LogP) is 0.797. The number of piperidine rings is 1. The van der Waals surface area contributed by atoms with E-state index in [1.807, 2.05) is 13.8 Å². The Labute approximate surface area is 115 Å². The molecule has 3 N–H and O–H groups in total. The van der Waals surface area contributed by atoms with Gasteiger partial charge in [-0.25, -0.2) is 0 Å². The van der Waals surface area contributed by atoms with E-state index in [1.165, 1.54) is 12.8 Å². The smallest absolute Gasteiger partial charge is 0.220 e. The highest BCUT2D eigenvalue weighted by Crippen LogP contribution is 2.08. The van der Waals surface area contributed by atoms with Gasteiger partial charge in [0.25, 0.3) is 0 Å². The van der Waals surface area contributed by atoms with Crippen LogP contribution in [0.1, 0.15) is 46.0 Å². The second-order valence-electron chi connectivity index (χ2n) is 5.59. The van der Waals surface area contributed by atoms with Crippen molar-refractivity contribution in [2.45, 2.75) is 52.0 Å². The first-order valence-electron chi connectivity index (χ1n) is 7.34. The highest BCUT2D eigenvalue weighted by Gasteiger charge is 2.13. The van der Waals surface area contributed by atoms with Crippen LogP contribution in [0.2, 0.25) is 0 Å². The minimum atomic E-state index is 0.0271. The number of carbonyl (C=O) groups excluding carboxylic acids is 2. The van der Waals surface area contributed by atoms with E-state index >= 15 is 0 Å². The molecule has 1 heterocycles. The molecular weight excluding hydrogens is 242 g/mol. The molecule has 5 heteroatoms. The molecule has 19 heavy (non-hydrogen) atoms. The standard InChI is InChI=1S/C14H27N3O2/c1-11(2)17-14(19)7-3-6-13(18)16-10-12-5-4-8-15-9-12/h11-12,15H,3-10H2,1-2H3,(H,16,18)(H,17,19). The molecule has 1 fully saturated rings. The number of amides is 2. The fourth-order valence-corrected chi connectivity index (χ4v) is 2.25. The van der Waals surface area contributed by atoms with E-state index in [4.69, 9.17) is 0 Å². The van der Waals surface area contributed by atoms with Crippen LogP contribution in [-0.2, 0) is 9.59 Å². The molecule has 0 spiro atoms. The van der Waals surface area contributed by atoms with Crippen molar-refractivity contribution in [2.24, 2.45) is 5.92 Å². The maximum Gasteiger partial charge on any atom is 0.220 e. The third kappa shape index (κ3) is 7.82. The van der Waals surface area contributed by atoms with E-state index in [0.29, 0.717) is 25.2 Å². The van der Waals surface area contributed by atoms with Gasteiger partial charge in [-0.15, -0.1) is 0 Å². The van der Waals surface area contributed by atoms with Gasteiger partial charge in [0.2, 0.25) is 11.8 Å². The molecule has 0 aliphatic carbocycles. The van der Waals surface area contributed by atoms with Crippen LogP contribution in [0.4, 0.5) is 0 Å². The van der Waals surface area contributed by atoms with Crippen LogP contribution in [-0.4, -0.2) is 37.5 Å². The van der Waals surface area contributed by atoms with Crippen molar-refractivity contribution in [3.05, 3.63) is 0 Å². The zero-order chi connectivity index (χ0) is 14.1. The van der Waals surface area contributed by atoms with Crippen LogP contribution in [0, 0.1) is 5.92 Å². The van der Waals surface area contributed by atoms with Crippen LogP contribution >= 0.6 is 0 Å². The Morgan fingerprint density at radius 3 is 2.63 bits per heavy atom. The van der Waals surface area contributed by atoms with Crippen LogP contribution in [0.3, 0.4) is 0 Å². The summed E-state index contributed by atoms with van der Waals surface area (Å²) in [6.45, 7) is 6.71. The summed E-state index contributed by atoms with van der Waals surface area (Å²) in [6, 6.07) is 0.167. The average Bonchev–Trinajstić information content (AvgIpc) is 2.36. The van der Waals surface area contributed by atoms with Crippen molar-refractivity contribution >= 4 is 11.8 Å². The molecule has 1 rings (SSSR count). The van der Waals surface area contributed by atoms with Crippen LogP contribution < -0.4 is 16.0 Å². The van der Waals surface area contributed by atoms with Crippen molar-refractivity contribution in [2.75, 3.05) is 19.6 Å². The molecule has 0 bridgehead atoms. The van der Waals surface area contributed by atoms with Gasteiger partial charge >= 0.3 is 0 Å². The molecule has 0 aromatic heterocycles. The van der Waals surface area contributed by atoms with Gasteiger partial charge in [0.1, 0.15) is 0 Å². The highest BCUT2D eigenvalue weighted by atomic mass is 16.2. The molecule has 1 aliphatic rings. The summed E-state index contributed by atoms with van der Waals surface area (Å²) in [5.41, 5.74) is 0. The molecular formula is C14H27N3O2. The van der Waals surface area contributed by atoms with E-state index in [2.05, 4.69) is 16.0 Å². The van der Waals surface area contributed by atoms with Gasteiger partial charge in [-0.1, -0.05) is 0 Å². The lowest BCUT2D eigenvalue weighted by molar-refractivity contribution is -0.122. The van der Waals surface area contributed by atoms with Crippen molar-refractivity contribution in [3.63, 3.8) is 0 Å². The zero-order valence-electron chi connectivity index (χ0n) is 12.1. The maximum absolute atomic E-state index is 11.6. The second-order valence-corrected chi connectivity index (χ2v) is 5.59. The molecule has 1 atom stereocenters. The van der Waals surface area contributed by atoms with E-state index < -0.39 is 0 Å². The summed E-state index contributed by atoms with van der Waals surface area (Å²) in [7, 11) is 0. The van der Waals surface area contributed by atoms with Crippen molar-refractivity contribution in [3.8, 4) is 0 Å². The molecule has 0 saturated carbocycles. The largest absolute Gasteiger partial charge is 0.356 e. The minimum absolute atomic E-state index is 0.0271. The lowest BCUT2D eigenvalue weighted by Gasteiger charge is -2.22. The molecule has 1 saturated heterocycles. The monoisotopic (exact) mass is 269 g/mol. The van der Waals surface area contributed by atoms with Crippen LogP contribution in [0.5, 0.6) is 0 Å². The molecule has 0 aromatic rings. The second kappa shape index (κ2) is 8.91. The van der Waals surface area contributed by atoms with Gasteiger partial charge in [-0.3, -0.25) is 9.59 Å². The maximum atomic E-state index is 11.6. The summed E-state index contributed by atoms with van der Waals surface area (Å²) in [6.07, 6.45) is 3.86. The summed E-state index contributed by atoms with van der Waals surface area (Å²) in [5.74, 6) is 0.643. The Kier molecular flexibility index (Phi) is 7.48. The Morgan fingerprint density at radius 1 is 1.26 bits per heavy atom. The van der Waals surface area contributed by atoms with Crippen LogP contribution in [0.15, 0.2) is 0 Å². The molecule has 110 valence electrons. The quantitative estimate of drug-likeness (QED) is 0.640. The fourth-order valence-electron chi connectivity index (χ4n) is 2.25. The molecule has 1 unspecified atom stereocenters. The van der Waals surface area contributed by atoms with Crippen molar-refractivity contribution < 1.29 is 9.59 Å². The van der Waals surface area contributed by atoms with E-state index in [9.17, 15) is 9.59 Å². The number of carbonyl (C=O) groups is 2. The first kappa shape index (κ1) is 16.0. The van der Waals surface area contributed by atoms with Gasteiger partial charge in [0.15, 0.2) is 0 Å². The Balaban J connectivity index is 2.02. The third-order valence-corrected chi connectivity index (χ3v) is 3.24. The summed E-state index contributed by atoms with van der Waals surface area (Å²) >= 11 is 0. The normalized spacial score (nSPS) is 19.2. The minimum Gasteiger partial charge on any atom is -0.356 e. The topological polar surface area (TPSA) is 70.2 Å². The molecule has 5 nitrogen and oxygen atoms in total. The molecule has 1 aliphatic heterocycles. The van der Waals surface area contributed by atoms with Crippen molar-refractivity contribution in [1.82, 2.24) is 16.0 Å². The van der Waals surface area contributed by atoms with Gasteiger partial charge < -0.3 is 16.0 Å².